The maximum absolute atomic E-state index is 3.74. The summed E-state index contributed by atoms with van der Waals surface area (Å²) < 4.78 is 0. The molecule has 1 fully saturated rings. The van der Waals surface area contributed by atoms with Crippen LogP contribution in [0.25, 0.3) is 0 Å². The Kier molecular flexibility index (Phi) is 3.42. The molecule has 4 atom stereocenters. The zero-order valence-electron chi connectivity index (χ0n) is 7.81. The Hall–Kier alpha value is 0.480. The highest BCUT2D eigenvalue weighted by Crippen LogP contribution is 2.41. The van der Waals surface area contributed by atoms with E-state index in [1.807, 2.05) is 0 Å². The van der Waals surface area contributed by atoms with E-state index in [9.17, 15) is 0 Å². The normalized spacial score (nSPS) is 40.9. The molecule has 0 bridgehead atoms. The fourth-order valence-electron chi connectivity index (χ4n) is 2.25. The molecule has 1 aliphatic carbocycles. The molecule has 11 heavy (non-hydrogen) atoms. The first kappa shape index (κ1) is 9.57. The monoisotopic (exact) mass is 218 g/mol. The van der Waals surface area contributed by atoms with Gasteiger partial charge in [-0.05, 0) is 30.6 Å². The maximum atomic E-state index is 3.74. The van der Waals surface area contributed by atoms with Crippen molar-refractivity contribution in [3.8, 4) is 0 Å². The molecular formula is C10H19Br. The average molecular weight is 219 g/mol. The van der Waals surface area contributed by atoms with Crippen LogP contribution < -0.4 is 0 Å². The molecule has 0 aromatic carbocycles. The van der Waals surface area contributed by atoms with E-state index in [1.54, 1.807) is 0 Å². The molecular weight excluding hydrogens is 200 g/mol. The van der Waals surface area contributed by atoms with E-state index in [0.29, 0.717) is 0 Å². The second-order valence-electron chi connectivity index (χ2n) is 4.00. The molecule has 0 heterocycles. The Labute approximate surface area is 78.9 Å². The van der Waals surface area contributed by atoms with Crippen LogP contribution in [-0.4, -0.2) is 4.83 Å². The first-order chi connectivity index (χ1) is 5.16. The van der Waals surface area contributed by atoms with Crippen molar-refractivity contribution in [2.45, 2.75) is 44.9 Å². The van der Waals surface area contributed by atoms with E-state index in [-0.39, 0.29) is 0 Å². The molecule has 0 saturated heterocycles. The lowest BCUT2D eigenvalue weighted by atomic mass is 9.84. The predicted molar refractivity (Wildman–Crippen MR) is 54.1 cm³/mol. The molecule has 0 aromatic rings. The first-order valence-electron chi connectivity index (χ1n) is 4.80. The summed E-state index contributed by atoms with van der Waals surface area (Å²) in [6, 6.07) is 0. The minimum atomic E-state index is 0.793. The SMILES string of the molecule is CCC(C)C1CCC(Br)C1C. The Balaban J connectivity index is 2.47. The van der Waals surface area contributed by atoms with Gasteiger partial charge in [-0.3, -0.25) is 0 Å². The summed E-state index contributed by atoms with van der Waals surface area (Å²) >= 11 is 3.74. The van der Waals surface area contributed by atoms with Crippen LogP contribution >= 0.6 is 15.9 Å². The smallest absolute Gasteiger partial charge is 0.0174 e. The highest BCUT2D eigenvalue weighted by Gasteiger charge is 2.33. The lowest BCUT2D eigenvalue weighted by molar-refractivity contribution is 0.290. The van der Waals surface area contributed by atoms with Gasteiger partial charge in [0.2, 0.25) is 0 Å². The van der Waals surface area contributed by atoms with E-state index in [1.165, 1.54) is 19.3 Å². The van der Waals surface area contributed by atoms with Crippen LogP contribution in [-0.2, 0) is 0 Å². The van der Waals surface area contributed by atoms with Crippen molar-refractivity contribution >= 4 is 15.9 Å². The van der Waals surface area contributed by atoms with Gasteiger partial charge in [0.1, 0.15) is 0 Å². The Morgan fingerprint density at radius 2 is 2.09 bits per heavy atom. The van der Waals surface area contributed by atoms with Gasteiger partial charge in [0.15, 0.2) is 0 Å². The van der Waals surface area contributed by atoms with E-state index in [4.69, 9.17) is 0 Å². The molecule has 0 amide bonds. The summed E-state index contributed by atoms with van der Waals surface area (Å²) in [4.78, 5) is 0.793. The standard InChI is InChI=1S/C10H19Br/c1-4-7(2)9-5-6-10(11)8(9)3/h7-10H,4-6H2,1-3H3. The fraction of sp³-hybridized carbons (Fsp3) is 1.00. The van der Waals surface area contributed by atoms with E-state index >= 15 is 0 Å². The van der Waals surface area contributed by atoms with Gasteiger partial charge >= 0.3 is 0 Å². The zero-order valence-corrected chi connectivity index (χ0v) is 9.39. The fourth-order valence-corrected chi connectivity index (χ4v) is 2.91. The molecule has 1 aliphatic rings. The van der Waals surface area contributed by atoms with Gasteiger partial charge in [0.05, 0.1) is 0 Å². The number of hydrogen-bond acceptors (Lipinski definition) is 0. The van der Waals surface area contributed by atoms with Crippen LogP contribution in [0.2, 0.25) is 0 Å². The number of halogens is 1. The Morgan fingerprint density at radius 1 is 1.45 bits per heavy atom. The molecule has 1 heteroatoms. The highest BCUT2D eigenvalue weighted by molar-refractivity contribution is 9.09. The van der Waals surface area contributed by atoms with Crippen molar-refractivity contribution in [2.75, 3.05) is 0 Å². The third-order valence-electron chi connectivity index (χ3n) is 3.40. The van der Waals surface area contributed by atoms with Gasteiger partial charge in [-0.1, -0.05) is 43.1 Å². The topological polar surface area (TPSA) is 0 Å². The lowest BCUT2D eigenvalue weighted by Gasteiger charge is -2.23. The first-order valence-corrected chi connectivity index (χ1v) is 5.72. The minimum Gasteiger partial charge on any atom is -0.0888 e. The van der Waals surface area contributed by atoms with Gasteiger partial charge in [0.25, 0.3) is 0 Å². The second kappa shape index (κ2) is 3.93. The Bertz CT molecular complexity index is 122. The van der Waals surface area contributed by atoms with Gasteiger partial charge in [-0.25, -0.2) is 0 Å². The van der Waals surface area contributed by atoms with Crippen molar-refractivity contribution in [3.63, 3.8) is 0 Å². The Morgan fingerprint density at radius 3 is 2.45 bits per heavy atom. The summed E-state index contributed by atoms with van der Waals surface area (Å²) in [5, 5.41) is 0. The van der Waals surface area contributed by atoms with Crippen molar-refractivity contribution in [1.29, 1.82) is 0 Å². The summed E-state index contributed by atoms with van der Waals surface area (Å²) in [5.74, 6) is 2.79. The van der Waals surface area contributed by atoms with Crippen LogP contribution in [0, 0.1) is 17.8 Å². The zero-order chi connectivity index (χ0) is 8.43. The average Bonchev–Trinajstić information content (AvgIpc) is 2.32. The summed E-state index contributed by atoms with van der Waals surface area (Å²) in [6.07, 6.45) is 4.16. The van der Waals surface area contributed by atoms with Crippen molar-refractivity contribution in [1.82, 2.24) is 0 Å². The number of hydrogen-bond donors (Lipinski definition) is 0. The lowest BCUT2D eigenvalue weighted by Crippen LogP contribution is -2.17. The van der Waals surface area contributed by atoms with Crippen LogP contribution in [0.15, 0.2) is 0 Å². The molecule has 0 aliphatic heterocycles. The second-order valence-corrected chi connectivity index (χ2v) is 5.18. The number of alkyl halides is 1. The molecule has 1 saturated carbocycles. The summed E-state index contributed by atoms with van der Waals surface area (Å²) in [5.41, 5.74) is 0. The van der Waals surface area contributed by atoms with E-state index in [0.717, 1.165) is 22.6 Å². The molecule has 4 unspecified atom stereocenters. The molecule has 0 nitrogen and oxygen atoms in total. The molecule has 66 valence electrons. The summed E-state index contributed by atoms with van der Waals surface area (Å²) in [7, 11) is 0. The predicted octanol–water partition coefficient (Wildman–Crippen LogP) is 3.84. The van der Waals surface area contributed by atoms with Crippen molar-refractivity contribution < 1.29 is 0 Å². The van der Waals surface area contributed by atoms with Crippen LogP contribution in [0.1, 0.15) is 40.0 Å². The molecule has 0 spiro atoms. The van der Waals surface area contributed by atoms with E-state index < -0.39 is 0 Å². The van der Waals surface area contributed by atoms with Gasteiger partial charge in [-0.2, -0.15) is 0 Å². The van der Waals surface area contributed by atoms with Crippen molar-refractivity contribution in [2.24, 2.45) is 17.8 Å². The maximum Gasteiger partial charge on any atom is 0.0174 e. The van der Waals surface area contributed by atoms with Gasteiger partial charge in [0, 0.05) is 4.83 Å². The highest BCUT2D eigenvalue weighted by atomic mass is 79.9. The largest absolute Gasteiger partial charge is 0.0888 e. The third kappa shape index (κ3) is 1.99. The molecule has 1 rings (SSSR count). The molecule has 0 radical (unpaired) electrons. The van der Waals surface area contributed by atoms with Gasteiger partial charge in [-0.15, -0.1) is 0 Å². The number of rotatable bonds is 2. The van der Waals surface area contributed by atoms with Crippen LogP contribution in [0.5, 0.6) is 0 Å². The summed E-state index contributed by atoms with van der Waals surface area (Å²) in [6.45, 7) is 7.09. The molecule has 0 aromatic heterocycles. The van der Waals surface area contributed by atoms with Crippen LogP contribution in [0.4, 0.5) is 0 Å². The van der Waals surface area contributed by atoms with E-state index in [2.05, 4.69) is 36.7 Å². The third-order valence-corrected chi connectivity index (χ3v) is 4.69. The van der Waals surface area contributed by atoms with Crippen molar-refractivity contribution in [3.05, 3.63) is 0 Å². The van der Waals surface area contributed by atoms with Gasteiger partial charge < -0.3 is 0 Å². The quantitative estimate of drug-likeness (QED) is 0.619. The molecule has 0 N–H and O–H groups in total. The van der Waals surface area contributed by atoms with Crippen LogP contribution in [0.3, 0.4) is 0 Å². The minimum absolute atomic E-state index is 0.793.